The van der Waals surface area contributed by atoms with Gasteiger partial charge in [-0.1, -0.05) is 11.6 Å². The Morgan fingerprint density at radius 2 is 1.76 bits per heavy atom. The molecule has 0 aromatic heterocycles. The summed E-state index contributed by atoms with van der Waals surface area (Å²) in [6.45, 7) is 6.34. The second-order valence-electron chi connectivity index (χ2n) is 9.56. The second kappa shape index (κ2) is 13.8. The maximum Gasteiger partial charge on any atom is 0.341 e. The van der Waals surface area contributed by atoms with E-state index in [-0.39, 0.29) is 36.7 Å². The molecule has 0 fully saturated rings. The van der Waals surface area contributed by atoms with Gasteiger partial charge in [-0.05, 0) is 74.9 Å². The van der Waals surface area contributed by atoms with Crippen molar-refractivity contribution in [3.63, 3.8) is 0 Å². The zero-order valence-electron chi connectivity index (χ0n) is 23.4. The van der Waals surface area contributed by atoms with E-state index in [1.54, 1.807) is 48.5 Å². The number of aryl methyl sites for hydroxylation is 1. The first-order valence-electron chi connectivity index (χ1n) is 12.8. The lowest BCUT2D eigenvalue weighted by atomic mass is 10.1. The highest BCUT2D eigenvalue weighted by Crippen LogP contribution is 2.35. The molecule has 11 nitrogen and oxygen atoms in total. The Morgan fingerprint density at radius 1 is 1.05 bits per heavy atom. The van der Waals surface area contributed by atoms with Crippen molar-refractivity contribution in [2.45, 2.75) is 47.0 Å². The van der Waals surface area contributed by atoms with E-state index in [0.717, 1.165) is 5.56 Å². The van der Waals surface area contributed by atoms with Gasteiger partial charge >= 0.3 is 11.9 Å². The first kappa shape index (κ1) is 30.5. The molecule has 41 heavy (non-hydrogen) atoms. The van der Waals surface area contributed by atoms with E-state index in [1.807, 2.05) is 26.8 Å². The Kier molecular flexibility index (Phi) is 10.3. The topological polar surface area (TPSA) is 173 Å². The summed E-state index contributed by atoms with van der Waals surface area (Å²) in [6.07, 6.45) is -0.246. The Balaban J connectivity index is 1.93. The molecular weight excluding hydrogens is 528 g/mol. The van der Waals surface area contributed by atoms with Crippen LogP contribution in [-0.4, -0.2) is 41.5 Å². The van der Waals surface area contributed by atoms with Gasteiger partial charge in [-0.2, -0.15) is 0 Å². The largest absolute Gasteiger partial charge is 0.487 e. The Hall–Kier alpha value is -5.06. The van der Waals surface area contributed by atoms with Crippen LogP contribution >= 0.6 is 0 Å². The third-order valence-electron chi connectivity index (χ3n) is 5.68. The number of carboxylic acid groups (broad SMARTS) is 1. The lowest BCUT2D eigenvalue weighted by molar-refractivity contribution is -0.142. The van der Waals surface area contributed by atoms with Crippen molar-refractivity contribution < 1.29 is 33.7 Å². The SMILES string of the molecule is CC(=O)OCc1cc(CNc2ccc(C)cc2C(=O)Nc2ccc(C(=N)N)cc2)c(OCC(=O)O)c(OC(C)C)c1. The third kappa shape index (κ3) is 8.99. The molecule has 0 atom stereocenters. The number of amidine groups is 1. The summed E-state index contributed by atoms with van der Waals surface area (Å²) in [4.78, 5) is 36.0. The van der Waals surface area contributed by atoms with E-state index >= 15 is 0 Å². The van der Waals surface area contributed by atoms with Gasteiger partial charge in [0.15, 0.2) is 18.1 Å². The molecule has 0 aliphatic carbocycles. The molecule has 0 bridgehead atoms. The van der Waals surface area contributed by atoms with Crippen LogP contribution in [0.15, 0.2) is 54.6 Å². The molecule has 216 valence electrons. The van der Waals surface area contributed by atoms with Crippen LogP contribution in [0.4, 0.5) is 11.4 Å². The van der Waals surface area contributed by atoms with Gasteiger partial charge < -0.3 is 35.7 Å². The molecule has 1 amide bonds. The van der Waals surface area contributed by atoms with Gasteiger partial charge in [0.05, 0.1) is 11.7 Å². The van der Waals surface area contributed by atoms with E-state index in [0.29, 0.717) is 39.4 Å². The number of hydrogen-bond acceptors (Lipinski definition) is 8. The molecule has 0 aliphatic rings. The number of rotatable bonds is 13. The molecule has 3 aromatic rings. The molecule has 0 saturated carbocycles. The fraction of sp³-hybridized carbons (Fsp3) is 0.267. The molecule has 11 heteroatoms. The van der Waals surface area contributed by atoms with Crippen LogP contribution < -0.4 is 25.8 Å². The van der Waals surface area contributed by atoms with Crippen molar-refractivity contribution in [1.29, 1.82) is 5.41 Å². The Morgan fingerprint density at radius 3 is 2.37 bits per heavy atom. The minimum atomic E-state index is -1.16. The Bertz CT molecular complexity index is 1440. The number of amides is 1. The highest BCUT2D eigenvalue weighted by molar-refractivity contribution is 6.08. The molecule has 0 spiro atoms. The molecule has 0 saturated heterocycles. The Labute approximate surface area is 238 Å². The van der Waals surface area contributed by atoms with E-state index in [1.165, 1.54) is 6.92 Å². The number of aliphatic carboxylic acids is 1. The smallest absolute Gasteiger partial charge is 0.341 e. The molecule has 3 aromatic carbocycles. The van der Waals surface area contributed by atoms with E-state index < -0.39 is 18.5 Å². The van der Waals surface area contributed by atoms with Gasteiger partial charge in [-0.3, -0.25) is 15.0 Å². The summed E-state index contributed by atoms with van der Waals surface area (Å²) in [7, 11) is 0. The highest BCUT2D eigenvalue weighted by Gasteiger charge is 2.19. The number of hydrogen-bond donors (Lipinski definition) is 5. The van der Waals surface area contributed by atoms with Gasteiger partial charge in [0.1, 0.15) is 12.4 Å². The summed E-state index contributed by atoms with van der Waals surface area (Å²) in [6, 6.07) is 15.4. The number of carbonyl (C=O) groups is 3. The van der Waals surface area contributed by atoms with Crippen molar-refractivity contribution >= 4 is 35.1 Å². The van der Waals surface area contributed by atoms with Crippen LogP contribution in [0.5, 0.6) is 11.5 Å². The number of esters is 1. The lowest BCUT2D eigenvalue weighted by Crippen LogP contribution is -2.17. The summed E-state index contributed by atoms with van der Waals surface area (Å²) in [5.41, 5.74) is 9.51. The summed E-state index contributed by atoms with van der Waals surface area (Å²) in [5.74, 6) is -1.51. The molecule has 0 unspecified atom stereocenters. The predicted octanol–water partition coefficient (Wildman–Crippen LogP) is 4.46. The maximum atomic E-state index is 13.3. The first-order valence-corrected chi connectivity index (χ1v) is 12.8. The highest BCUT2D eigenvalue weighted by atomic mass is 16.5. The lowest BCUT2D eigenvalue weighted by Gasteiger charge is -2.20. The predicted molar refractivity (Wildman–Crippen MR) is 155 cm³/mol. The monoisotopic (exact) mass is 562 g/mol. The van der Waals surface area contributed by atoms with Crippen molar-refractivity contribution in [2.75, 3.05) is 17.2 Å². The van der Waals surface area contributed by atoms with Crippen LogP contribution in [0.1, 0.15) is 53.4 Å². The van der Waals surface area contributed by atoms with E-state index in [2.05, 4.69) is 10.6 Å². The average molecular weight is 563 g/mol. The van der Waals surface area contributed by atoms with Crippen molar-refractivity contribution in [3.05, 3.63) is 82.4 Å². The zero-order chi connectivity index (χ0) is 30.1. The summed E-state index contributed by atoms with van der Waals surface area (Å²) in [5, 5.41) is 22.9. The number of anilines is 2. The van der Waals surface area contributed by atoms with Gasteiger partial charge in [-0.15, -0.1) is 0 Å². The fourth-order valence-corrected chi connectivity index (χ4v) is 3.88. The first-order chi connectivity index (χ1) is 19.4. The molecular formula is C30H34N4O7. The van der Waals surface area contributed by atoms with E-state index in [9.17, 15) is 19.5 Å². The van der Waals surface area contributed by atoms with Gasteiger partial charge in [0, 0.05) is 36.0 Å². The summed E-state index contributed by atoms with van der Waals surface area (Å²) >= 11 is 0. The van der Waals surface area contributed by atoms with Gasteiger partial charge in [0.25, 0.3) is 5.91 Å². The maximum absolute atomic E-state index is 13.3. The quantitative estimate of drug-likeness (QED) is 0.114. The normalized spacial score (nSPS) is 10.6. The zero-order valence-corrected chi connectivity index (χ0v) is 23.4. The van der Waals surface area contributed by atoms with Crippen LogP contribution in [0.3, 0.4) is 0 Å². The average Bonchev–Trinajstić information content (AvgIpc) is 2.90. The number of carboxylic acids is 1. The van der Waals surface area contributed by atoms with E-state index in [4.69, 9.17) is 25.4 Å². The number of carbonyl (C=O) groups excluding carboxylic acids is 2. The number of nitrogens with two attached hydrogens (primary N) is 1. The van der Waals surface area contributed by atoms with Gasteiger partial charge in [0.2, 0.25) is 0 Å². The third-order valence-corrected chi connectivity index (χ3v) is 5.68. The van der Waals surface area contributed by atoms with Crippen LogP contribution in [-0.2, 0) is 27.5 Å². The van der Waals surface area contributed by atoms with Gasteiger partial charge in [-0.25, -0.2) is 4.79 Å². The number of benzene rings is 3. The molecule has 3 rings (SSSR count). The number of ether oxygens (including phenoxy) is 3. The number of nitrogen functional groups attached to an aromatic ring is 1. The van der Waals surface area contributed by atoms with Crippen LogP contribution in [0, 0.1) is 12.3 Å². The van der Waals surface area contributed by atoms with Crippen molar-refractivity contribution in [3.8, 4) is 11.5 Å². The molecule has 0 radical (unpaired) electrons. The minimum Gasteiger partial charge on any atom is -0.487 e. The van der Waals surface area contributed by atoms with Crippen LogP contribution in [0.2, 0.25) is 0 Å². The molecule has 6 N–H and O–H groups in total. The summed E-state index contributed by atoms with van der Waals surface area (Å²) < 4.78 is 16.7. The second-order valence-corrected chi connectivity index (χ2v) is 9.56. The molecule has 0 heterocycles. The fourth-order valence-electron chi connectivity index (χ4n) is 3.88. The van der Waals surface area contributed by atoms with Crippen LogP contribution in [0.25, 0.3) is 0 Å². The molecule has 0 aliphatic heterocycles. The standard InChI is InChI=1S/C30H34N4O7/c1-17(2)41-26-13-20(15-39-19(4)35)12-22(28(26)40-16-27(36)37)14-33-25-10-5-18(3)11-24(25)30(38)34-23-8-6-21(7-9-23)29(31)32/h5-13,17,33H,14-16H2,1-4H3,(H3,31,32)(H,34,38)(H,36,37). The van der Waals surface area contributed by atoms with Crippen molar-refractivity contribution in [2.24, 2.45) is 5.73 Å². The number of nitrogens with one attached hydrogen (secondary N) is 3. The van der Waals surface area contributed by atoms with Crippen molar-refractivity contribution in [1.82, 2.24) is 0 Å². The minimum absolute atomic E-state index is 0.0173.